The molecule has 5 nitrogen and oxygen atoms in total. The second-order valence-corrected chi connectivity index (χ2v) is 9.04. The maximum atomic E-state index is 12.3. The van der Waals surface area contributed by atoms with Crippen LogP contribution in [-0.2, 0) is 4.79 Å². The van der Waals surface area contributed by atoms with Gasteiger partial charge in [-0.2, -0.15) is 5.26 Å². The summed E-state index contributed by atoms with van der Waals surface area (Å²) in [6, 6.07) is 20.1. The molecule has 0 aliphatic carbocycles. The second kappa shape index (κ2) is 10.3. The quantitative estimate of drug-likeness (QED) is 0.182. The Balaban J connectivity index is 1.59. The highest BCUT2D eigenvalue weighted by Crippen LogP contribution is 2.43. The molecule has 3 aromatic rings. The number of allylic oxidation sites excluding steroid dienone is 1. The summed E-state index contributed by atoms with van der Waals surface area (Å²) in [6.07, 6.45) is 4.82. The van der Waals surface area contributed by atoms with E-state index in [9.17, 15) is 10.1 Å². The van der Waals surface area contributed by atoms with Crippen molar-refractivity contribution in [3.8, 4) is 17.6 Å². The van der Waals surface area contributed by atoms with E-state index in [0.29, 0.717) is 26.9 Å². The Morgan fingerprint density at radius 2 is 1.91 bits per heavy atom. The van der Waals surface area contributed by atoms with Crippen LogP contribution in [0.5, 0.6) is 11.5 Å². The smallest absolute Gasteiger partial charge is 0.336 e. The number of carbonyl (C=O) groups is 1. The van der Waals surface area contributed by atoms with E-state index in [-0.39, 0.29) is 17.6 Å². The van der Waals surface area contributed by atoms with Crippen LogP contribution < -0.4 is 15.2 Å². The molecule has 1 aliphatic rings. The van der Waals surface area contributed by atoms with E-state index < -0.39 is 5.97 Å². The highest BCUT2D eigenvalue weighted by atomic mass is 35.5. The lowest BCUT2D eigenvalue weighted by molar-refractivity contribution is -0.128. The molecule has 3 aromatic carbocycles. The van der Waals surface area contributed by atoms with E-state index in [4.69, 9.17) is 38.4 Å². The summed E-state index contributed by atoms with van der Waals surface area (Å²) in [4.78, 5) is 13.5. The molecule has 1 unspecified atom stereocenters. The molecule has 1 aliphatic heterocycles. The molecule has 1 atom stereocenters. The minimum Gasteiger partial charge on any atom is -0.440 e. The average Bonchev–Trinajstić information content (AvgIpc) is 2.82. The lowest BCUT2D eigenvalue weighted by atomic mass is 9.83. The largest absolute Gasteiger partial charge is 0.440 e. The molecular formula is C26H18Cl2N2O3S. The van der Waals surface area contributed by atoms with Crippen molar-refractivity contribution in [1.82, 2.24) is 0 Å². The summed E-state index contributed by atoms with van der Waals surface area (Å²) in [5, 5.41) is 10.6. The number of nitrogens with zero attached hydrogens (tertiary/aromatic N) is 1. The van der Waals surface area contributed by atoms with E-state index in [0.717, 1.165) is 16.0 Å². The topological polar surface area (TPSA) is 85.3 Å². The van der Waals surface area contributed by atoms with E-state index in [1.807, 2.05) is 30.5 Å². The van der Waals surface area contributed by atoms with Crippen LogP contribution in [-0.4, -0.2) is 12.2 Å². The lowest BCUT2D eigenvalue weighted by Crippen LogP contribution is -2.21. The number of thioether (sulfide) groups is 1. The van der Waals surface area contributed by atoms with Crippen molar-refractivity contribution >= 4 is 47.0 Å². The zero-order valence-corrected chi connectivity index (χ0v) is 20.2. The molecule has 4 rings (SSSR count). The van der Waals surface area contributed by atoms with Crippen molar-refractivity contribution in [2.24, 2.45) is 5.73 Å². The number of nitriles is 1. The molecule has 2 N–H and O–H groups in total. The number of ether oxygens (including phenoxy) is 2. The van der Waals surface area contributed by atoms with Gasteiger partial charge in [-0.1, -0.05) is 47.5 Å². The minimum absolute atomic E-state index is 0.0229. The number of hydrogen-bond donors (Lipinski definition) is 1. The Morgan fingerprint density at radius 3 is 2.59 bits per heavy atom. The van der Waals surface area contributed by atoms with Gasteiger partial charge < -0.3 is 15.2 Å². The summed E-state index contributed by atoms with van der Waals surface area (Å²) in [5.41, 5.74) is 8.70. The first-order valence-corrected chi connectivity index (χ1v) is 12.1. The average molecular weight is 509 g/mol. The van der Waals surface area contributed by atoms with Crippen molar-refractivity contribution in [3.63, 3.8) is 0 Å². The molecule has 0 saturated heterocycles. The van der Waals surface area contributed by atoms with Crippen LogP contribution in [0.15, 0.2) is 83.1 Å². The Bertz CT molecular complexity index is 1360. The number of halogens is 2. The van der Waals surface area contributed by atoms with E-state index >= 15 is 0 Å². The van der Waals surface area contributed by atoms with Crippen LogP contribution >= 0.6 is 35.0 Å². The third kappa shape index (κ3) is 5.07. The molecule has 0 radical (unpaired) electrons. The SMILES string of the molecule is CSc1ccc(C2C(C#N)=C(N)Oc3cc(OC(=O)/C=C/c4ccc(Cl)cc4Cl)ccc32)cc1. The molecule has 0 bridgehead atoms. The van der Waals surface area contributed by atoms with Gasteiger partial charge in [0.05, 0.1) is 5.92 Å². The number of rotatable bonds is 5. The minimum atomic E-state index is -0.591. The molecule has 1 heterocycles. The molecular weight excluding hydrogens is 491 g/mol. The van der Waals surface area contributed by atoms with Gasteiger partial charge >= 0.3 is 5.97 Å². The zero-order chi connectivity index (χ0) is 24.2. The Morgan fingerprint density at radius 1 is 1.15 bits per heavy atom. The van der Waals surface area contributed by atoms with Crippen LogP contribution in [0.1, 0.15) is 22.6 Å². The van der Waals surface area contributed by atoms with Gasteiger partial charge in [0.1, 0.15) is 23.1 Å². The normalized spacial score (nSPS) is 14.9. The summed E-state index contributed by atoms with van der Waals surface area (Å²) in [5.74, 6) is -0.256. The summed E-state index contributed by atoms with van der Waals surface area (Å²) in [6.45, 7) is 0. The van der Waals surface area contributed by atoms with Gasteiger partial charge in [-0.05, 0) is 53.8 Å². The fraction of sp³-hybridized carbons (Fsp3) is 0.0769. The predicted octanol–water partition coefficient (Wildman–Crippen LogP) is 6.55. The van der Waals surface area contributed by atoms with E-state index in [1.165, 1.54) is 6.08 Å². The molecule has 34 heavy (non-hydrogen) atoms. The molecule has 8 heteroatoms. The Hall–Kier alpha value is -3.37. The lowest BCUT2D eigenvalue weighted by Gasteiger charge is -2.26. The molecule has 0 fully saturated rings. The Labute approximate surface area is 211 Å². The third-order valence-electron chi connectivity index (χ3n) is 5.22. The molecule has 0 amide bonds. The van der Waals surface area contributed by atoms with Crippen LogP contribution in [0.2, 0.25) is 10.0 Å². The highest BCUT2D eigenvalue weighted by molar-refractivity contribution is 7.98. The van der Waals surface area contributed by atoms with Crippen molar-refractivity contribution in [1.29, 1.82) is 5.26 Å². The zero-order valence-electron chi connectivity index (χ0n) is 17.9. The van der Waals surface area contributed by atoms with Gasteiger partial charge in [0.2, 0.25) is 5.88 Å². The number of benzene rings is 3. The first kappa shape index (κ1) is 23.8. The highest BCUT2D eigenvalue weighted by Gasteiger charge is 2.31. The van der Waals surface area contributed by atoms with Gasteiger partial charge in [0, 0.05) is 32.6 Å². The van der Waals surface area contributed by atoms with Gasteiger partial charge in [-0.15, -0.1) is 11.8 Å². The molecule has 0 spiro atoms. The number of carbonyl (C=O) groups excluding carboxylic acids is 1. The third-order valence-corrected chi connectivity index (χ3v) is 6.53. The van der Waals surface area contributed by atoms with Gasteiger partial charge in [-0.3, -0.25) is 0 Å². The molecule has 0 aromatic heterocycles. The van der Waals surface area contributed by atoms with Gasteiger partial charge in [0.15, 0.2) is 0 Å². The van der Waals surface area contributed by atoms with Gasteiger partial charge in [-0.25, -0.2) is 4.79 Å². The predicted molar refractivity (Wildman–Crippen MR) is 135 cm³/mol. The number of hydrogen-bond acceptors (Lipinski definition) is 6. The number of nitrogens with two attached hydrogens (primary N) is 1. The van der Waals surface area contributed by atoms with Crippen LogP contribution in [0.25, 0.3) is 6.08 Å². The standard InChI is InChI=1S/C26H18Cl2N2O3S/c1-34-19-8-3-16(4-9-19)25-20-10-7-18(13-23(20)33-26(30)21(25)14-29)32-24(31)11-5-15-2-6-17(27)12-22(15)28/h2-13,25H,30H2,1H3/b11-5+. The maximum Gasteiger partial charge on any atom is 0.336 e. The molecule has 170 valence electrons. The maximum absolute atomic E-state index is 12.3. The van der Waals surface area contributed by atoms with Crippen LogP contribution in [0, 0.1) is 11.3 Å². The van der Waals surface area contributed by atoms with Crippen molar-refractivity contribution < 1.29 is 14.3 Å². The van der Waals surface area contributed by atoms with E-state index in [2.05, 4.69) is 6.07 Å². The second-order valence-electron chi connectivity index (χ2n) is 7.32. The molecule has 0 saturated carbocycles. The van der Waals surface area contributed by atoms with E-state index in [1.54, 1.807) is 54.2 Å². The van der Waals surface area contributed by atoms with Gasteiger partial charge in [0.25, 0.3) is 0 Å². The fourth-order valence-electron chi connectivity index (χ4n) is 3.58. The monoisotopic (exact) mass is 508 g/mol. The fourth-order valence-corrected chi connectivity index (χ4v) is 4.46. The van der Waals surface area contributed by atoms with Crippen molar-refractivity contribution in [2.45, 2.75) is 10.8 Å². The number of fused-ring (bicyclic) bond motifs is 1. The van der Waals surface area contributed by atoms with Crippen LogP contribution in [0.4, 0.5) is 0 Å². The van der Waals surface area contributed by atoms with Crippen molar-refractivity contribution in [2.75, 3.05) is 6.26 Å². The summed E-state index contributed by atoms with van der Waals surface area (Å²) < 4.78 is 11.1. The van der Waals surface area contributed by atoms with Crippen LogP contribution in [0.3, 0.4) is 0 Å². The summed E-state index contributed by atoms with van der Waals surface area (Å²) >= 11 is 13.7. The first-order chi connectivity index (χ1) is 16.4. The first-order valence-electron chi connectivity index (χ1n) is 10.1. The number of esters is 1. The van der Waals surface area contributed by atoms with Crippen molar-refractivity contribution in [3.05, 3.63) is 105 Å². The Kier molecular flexibility index (Phi) is 7.18. The summed E-state index contributed by atoms with van der Waals surface area (Å²) in [7, 11) is 0.